The van der Waals surface area contributed by atoms with Crippen LogP contribution in [-0.4, -0.2) is 24.6 Å². The van der Waals surface area contributed by atoms with E-state index in [1.165, 1.54) is 34.8 Å². The first-order chi connectivity index (χ1) is 9.88. The Morgan fingerprint density at radius 1 is 1.10 bits per heavy atom. The van der Waals surface area contributed by atoms with Gasteiger partial charge in [-0.25, -0.2) is 4.98 Å². The Bertz CT molecular complexity index is 544. The highest BCUT2D eigenvalue weighted by Gasteiger charge is 2.18. The fourth-order valence-corrected chi connectivity index (χ4v) is 3.83. The third-order valence-corrected chi connectivity index (χ3v) is 4.91. The number of hydrogen-bond acceptors (Lipinski definition) is 4. The lowest BCUT2D eigenvalue weighted by molar-refractivity contribution is 0.577. The summed E-state index contributed by atoms with van der Waals surface area (Å²) < 4.78 is 0. The van der Waals surface area contributed by atoms with E-state index < -0.39 is 0 Å². The fourth-order valence-electron chi connectivity index (χ4n) is 2.68. The fraction of sp³-hybridized carbons (Fsp3) is 0.438. The predicted molar refractivity (Wildman–Crippen MR) is 86.4 cm³/mol. The van der Waals surface area contributed by atoms with Crippen molar-refractivity contribution in [2.45, 2.75) is 25.7 Å². The molecule has 0 unspecified atom stereocenters. The van der Waals surface area contributed by atoms with Gasteiger partial charge in [-0.1, -0.05) is 30.3 Å². The summed E-state index contributed by atoms with van der Waals surface area (Å²) in [5.74, 6) is 0. The molecule has 3 rings (SSSR count). The highest BCUT2D eigenvalue weighted by Crippen LogP contribution is 2.34. The average Bonchev–Trinajstić information content (AvgIpc) is 2.94. The van der Waals surface area contributed by atoms with Gasteiger partial charge in [0.15, 0.2) is 5.13 Å². The van der Waals surface area contributed by atoms with Gasteiger partial charge in [-0.2, -0.15) is 0 Å². The van der Waals surface area contributed by atoms with Crippen LogP contribution in [0.3, 0.4) is 0 Å². The Balaban J connectivity index is 1.93. The lowest BCUT2D eigenvalue weighted by Crippen LogP contribution is -2.29. The van der Waals surface area contributed by atoms with Crippen molar-refractivity contribution < 1.29 is 0 Å². The van der Waals surface area contributed by atoms with Crippen LogP contribution >= 0.6 is 11.3 Å². The molecule has 2 N–H and O–H groups in total. The summed E-state index contributed by atoms with van der Waals surface area (Å²) in [6.07, 6.45) is 4.83. The summed E-state index contributed by atoms with van der Waals surface area (Å²) in [6, 6.07) is 10.5. The lowest BCUT2D eigenvalue weighted by atomic mass is 10.1. The van der Waals surface area contributed by atoms with Gasteiger partial charge in [0.25, 0.3) is 0 Å². The number of thiazole rings is 1. The van der Waals surface area contributed by atoms with Crippen molar-refractivity contribution in [3.05, 3.63) is 35.2 Å². The molecule has 20 heavy (non-hydrogen) atoms. The van der Waals surface area contributed by atoms with Crippen molar-refractivity contribution in [3.8, 4) is 11.3 Å². The van der Waals surface area contributed by atoms with E-state index in [1.54, 1.807) is 0 Å². The third-order valence-electron chi connectivity index (χ3n) is 3.73. The maximum atomic E-state index is 5.76. The zero-order valence-electron chi connectivity index (χ0n) is 11.7. The number of rotatable bonds is 4. The van der Waals surface area contributed by atoms with Crippen LogP contribution in [0.5, 0.6) is 0 Å². The minimum Gasteiger partial charge on any atom is -0.348 e. The number of hydrogen-bond donors (Lipinski definition) is 1. The summed E-state index contributed by atoms with van der Waals surface area (Å²) in [5.41, 5.74) is 8.09. The average molecular weight is 287 g/mol. The SMILES string of the molecule is NCCc1sc(N2CCCCC2)nc1-c1ccccc1. The molecule has 1 aliphatic rings. The Hall–Kier alpha value is -1.39. The summed E-state index contributed by atoms with van der Waals surface area (Å²) in [5, 5.41) is 1.17. The number of aromatic nitrogens is 1. The number of nitrogens with two attached hydrogens (primary N) is 1. The van der Waals surface area contributed by atoms with Gasteiger partial charge in [-0.3, -0.25) is 0 Å². The maximum absolute atomic E-state index is 5.76. The van der Waals surface area contributed by atoms with E-state index in [-0.39, 0.29) is 0 Å². The smallest absolute Gasteiger partial charge is 0.186 e. The quantitative estimate of drug-likeness (QED) is 0.938. The van der Waals surface area contributed by atoms with Gasteiger partial charge in [0.05, 0.1) is 5.69 Å². The highest BCUT2D eigenvalue weighted by atomic mass is 32.1. The van der Waals surface area contributed by atoms with Crippen LogP contribution in [0.4, 0.5) is 5.13 Å². The number of benzene rings is 1. The monoisotopic (exact) mass is 287 g/mol. The predicted octanol–water partition coefficient (Wildman–Crippen LogP) is 3.30. The van der Waals surface area contributed by atoms with Crippen molar-refractivity contribution in [2.24, 2.45) is 5.73 Å². The minimum absolute atomic E-state index is 0.682. The second-order valence-electron chi connectivity index (χ2n) is 5.22. The molecule has 2 aromatic rings. The molecule has 4 heteroatoms. The van der Waals surface area contributed by atoms with E-state index in [9.17, 15) is 0 Å². The molecule has 1 fully saturated rings. The lowest BCUT2D eigenvalue weighted by Gasteiger charge is -2.25. The van der Waals surface area contributed by atoms with Gasteiger partial charge in [-0.15, -0.1) is 11.3 Å². The van der Waals surface area contributed by atoms with E-state index in [0.717, 1.165) is 25.2 Å². The van der Waals surface area contributed by atoms with Crippen LogP contribution < -0.4 is 10.6 Å². The molecule has 1 aromatic heterocycles. The van der Waals surface area contributed by atoms with Gasteiger partial charge < -0.3 is 10.6 Å². The van der Waals surface area contributed by atoms with Crippen LogP contribution in [0.15, 0.2) is 30.3 Å². The maximum Gasteiger partial charge on any atom is 0.186 e. The zero-order chi connectivity index (χ0) is 13.8. The Morgan fingerprint density at radius 3 is 2.55 bits per heavy atom. The third kappa shape index (κ3) is 2.86. The number of anilines is 1. The molecule has 3 nitrogen and oxygen atoms in total. The first kappa shape index (κ1) is 13.6. The Kier molecular flexibility index (Phi) is 4.33. The molecule has 0 bridgehead atoms. The zero-order valence-corrected chi connectivity index (χ0v) is 12.5. The van der Waals surface area contributed by atoms with Crippen LogP contribution in [0.2, 0.25) is 0 Å². The molecule has 0 amide bonds. The normalized spacial score (nSPS) is 15.6. The van der Waals surface area contributed by atoms with Crippen molar-refractivity contribution in [3.63, 3.8) is 0 Å². The van der Waals surface area contributed by atoms with E-state index in [1.807, 2.05) is 17.4 Å². The van der Waals surface area contributed by atoms with Crippen molar-refractivity contribution in [1.29, 1.82) is 0 Å². The second kappa shape index (κ2) is 6.37. The van der Waals surface area contributed by atoms with Crippen molar-refractivity contribution >= 4 is 16.5 Å². The molecule has 1 aliphatic heterocycles. The van der Waals surface area contributed by atoms with Crippen LogP contribution in [0, 0.1) is 0 Å². The number of piperidine rings is 1. The molecule has 0 saturated carbocycles. The van der Waals surface area contributed by atoms with Gasteiger partial charge >= 0.3 is 0 Å². The van der Waals surface area contributed by atoms with E-state index in [0.29, 0.717) is 6.54 Å². The van der Waals surface area contributed by atoms with E-state index >= 15 is 0 Å². The first-order valence-corrected chi connectivity index (χ1v) is 8.20. The van der Waals surface area contributed by atoms with Gasteiger partial charge in [0.2, 0.25) is 0 Å². The van der Waals surface area contributed by atoms with Gasteiger partial charge in [0.1, 0.15) is 0 Å². The second-order valence-corrected chi connectivity index (χ2v) is 6.28. The number of nitrogens with zero attached hydrogens (tertiary/aromatic N) is 2. The molecular weight excluding hydrogens is 266 g/mol. The molecule has 1 saturated heterocycles. The molecule has 1 aromatic carbocycles. The van der Waals surface area contributed by atoms with Crippen LogP contribution in [-0.2, 0) is 6.42 Å². The molecule has 0 atom stereocenters. The van der Waals surface area contributed by atoms with Crippen LogP contribution in [0.25, 0.3) is 11.3 Å². The molecule has 2 heterocycles. The minimum atomic E-state index is 0.682. The van der Waals surface area contributed by atoms with E-state index in [4.69, 9.17) is 10.7 Å². The summed E-state index contributed by atoms with van der Waals surface area (Å²) in [4.78, 5) is 8.66. The molecular formula is C16H21N3S. The van der Waals surface area contributed by atoms with Crippen molar-refractivity contribution in [1.82, 2.24) is 4.98 Å². The Labute approximate surface area is 124 Å². The van der Waals surface area contributed by atoms with Crippen LogP contribution in [0.1, 0.15) is 24.1 Å². The standard InChI is InChI=1S/C16H21N3S/c17-10-9-14-15(13-7-3-1-4-8-13)18-16(20-14)19-11-5-2-6-12-19/h1,3-4,7-8H,2,5-6,9-12,17H2. The van der Waals surface area contributed by atoms with Gasteiger partial charge in [0, 0.05) is 23.5 Å². The highest BCUT2D eigenvalue weighted by molar-refractivity contribution is 7.16. The summed E-state index contributed by atoms with van der Waals surface area (Å²) in [7, 11) is 0. The molecule has 0 spiro atoms. The summed E-state index contributed by atoms with van der Waals surface area (Å²) in [6.45, 7) is 2.97. The van der Waals surface area contributed by atoms with E-state index in [2.05, 4.69) is 29.2 Å². The first-order valence-electron chi connectivity index (χ1n) is 7.38. The summed E-state index contributed by atoms with van der Waals surface area (Å²) >= 11 is 1.82. The van der Waals surface area contributed by atoms with Gasteiger partial charge in [-0.05, 0) is 32.2 Å². The topological polar surface area (TPSA) is 42.1 Å². The van der Waals surface area contributed by atoms with Crippen molar-refractivity contribution in [2.75, 3.05) is 24.5 Å². The molecule has 106 valence electrons. The Morgan fingerprint density at radius 2 is 1.85 bits per heavy atom. The molecule has 0 aliphatic carbocycles. The largest absolute Gasteiger partial charge is 0.348 e. The molecule has 0 radical (unpaired) electrons.